The number of aryl methyl sites for hydroxylation is 1. The molecule has 120 valence electrons. The lowest BCUT2D eigenvalue weighted by molar-refractivity contribution is 0.0696. The lowest BCUT2D eigenvalue weighted by atomic mass is 10.1. The van der Waals surface area contributed by atoms with Gasteiger partial charge in [-0.25, -0.2) is 4.79 Å². The number of amides is 1. The van der Waals surface area contributed by atoms with Crippen LogP contribution >= 0.6 is 0 Å². The number of carbonyl (C=O) groups excluding carboxylic acids is 1. The van der Waals surface area contributed by atoms with Gasteiger partial charge in [-0.15, -0.1) is 0 Å². The third kappa shape index (κ3) is 3.35. The number of carboxylic acid groups (broad SMARTS) is 1. The minimum absolute atomic E-state index is 0.0723. The summed E-state index contributed by atoms with van der Waals surface area (Å²) in [6, 6.07) is 15.2. The minimum atomic E-state index is -1.07. The highest BCUT2D eigenvalue weighted by molar-refractivity contribution is 6.05. The third-order valence-electron chi connectivity index (χ3n) is 3.56. The molecule has 5 heteroatoms. The van der Waals surface area contributed by atoms with E-state index in [9.17, 15) is 14.7 Å². The standard InChI is InChI=1S/C19H15NO4/c1-12-4-6-13(7-5-12)18(21)20-16-10-14(17-3-2-8-24-17)9-15(11-16)19(22)23/h2-11H,1H3,(H,20,21)(H,22,23). The number of aromatic carboxylic acids is 1. The van der Waals surface area contributed by atoms with E-state index in [1.165, 1.54) is 18.4 Å². The van der Waals surface area contributed by atoms with Crippen LogP contribution in [-0.4, -0.2) is 17.0 Å². The maximum Gasteiger partial charge on any atom is 0.335 e. The van der Waals surface area contributed by atoms with Gasteiger partial charge in [0.15, 0.2) is 0 Å². The summed E-state index contributed by atoms with van der Waals surface area (Å²) in [6.07, 6.45) is 1.51. The Bertz CT molecular complexity index is 880. The van der Waals surface area contributed by atoms with Gasteiger partial charge in [0.25, 0.3) is 5.91 Å². The van der Waals surface area contributed by atoms with Crippen LogP contribution in [0.15, 0.2) is 65.3 Å². The van der Waals surface area contributed by atoms with Crippen LogP contribution in [0.1, 0.15) is 26.3 Å². The summed E-state index contributed by atoms with van der Waals surface area (Å²) >= 11 is 0. The van der Waals surface area contributed by atoms with Crippen molar-refractivity contribution < 1.29 is 19.1 Å². The molecule has 0 aliphatic heterocycles. The quantitative estimate of drug-likeness (QED) is 0.754. The molecule has 0 radical (unpaired) electrons. The number of rotatable bonds is 4. The van der Waals surface area contributed by atoms with Gasteiger partial charge >= 0.3 is 5.97 Å². The molecule has 0 atom stereocenters. The molecular weight excluding hydrogens is 306 g/mol. The molecule has 0 saturated carbocycles. The van der Waals surface area contributed by atoms with Crippen molar-refractivity contribution in [3.63, 3.8) is 0 Å². The second kappa shape index (κ2) is 6.42. The summed E-state index contributed by atoms with van der Waals surface area (Å²) in [4.78, 5) is 23.6. The molecule has 1 aromatic heterocycles. The lowest BCUT2D eigenvalue weighted by Crippen LogP contribution is -2.12. The van der Waals surface area contributed by atoms with Gasteiger partial charge in [-0.2, -0.15) is 0 Å². The zero-order valence-corrected chi connectivity index (χ0v) is 12.9. The summed E-state index contributed by atoms with van der Waals surface area (Å²) in [5.41, 5.74) is 2.61. The topological polar surface area (TPSA) is 79.5 Å². The van der Waals surface area contributed by atoms with Crippen molar-refractivity contribution in [3.8, 4) is 11.3 Å². The zero-order valence-electron chi connectivity index (χ0n) is 12.9. The SMILES string of the molecule is Cc1ccc(C(=O)Nc2cc(C(=O)O)cc(-c3ccco3)c2)cc1. The Hall–Kier alpha value is -3.34. The predicted molar refractivity (Wildman–Crippen MR) is 90.2 cm³/mol. The van der Waals surface area contributed by atoms with Gasteiger partial charge in [-0.3, -0.25) is 4.79 Å². The second-order valence-electron chi connectivity index (χ2n) is 5.40. The highest BCUT2D eigenvalue weighted by Gasteiger charge is 2.12. The van der Waals surface area contributed by atoms with Crippen molar-refractivity contribution in [1.29, 1.82) is 0 Å². The van der Waals surface area contributed by atoms with E-state index < -0.39 is 5.97 Å². The summed E-state index contributed by atoms with van der Waals surface area (Å²) in [5, 5.41) is 12.0. The first kappa shape index (κ1) is 15.6. The van der Waals surface area contributed by atoms with Crippen LogP contribution in [0.3, 0.4) is 0 Å². The van der Waals surface area contributed by atoms with Gasteiger partial charge in [0.05, 0.1) is 11.8 Å². The fraction of sp³-hybridized carbons (Fsp3) is 0.0526. The van der Waals surface area contributed by atoms with E-state index in [0.717, 1.165) is 5.56 Å². The number of carbonyl (C=O) groups is 2. The number of anilines is 1. The Labute approximate surface area is 138 Å². The highest BCUT2D eigenvalue weighted by atomic mass is 16.4. The van der Waals surface area contributed by atoms with Crippen molar-refractivity contribution in [3.05, 3.63) is 77.6 Å². The van der Waals surface area contributed by atoms with Crippen molar-refractivity contribution in [2.45, 2.75) is 6.92 Å². The molecule has 0 unspecified atom stereocenters. The van der Waals surface area contributed by atoms with Crippen molar-refractivity contribution in [2.24, 2.45) is 0 Å². The molecule has 1 heterocycles. The summed E-state index contributed by atoms with van der Waals surface area (Å²) in [6.45, 7) is 1.94. The normalized spacial score (nSPS) is 10.4. The van der Waals surface area contributed by atoms with E-state index in [0.29, 0.717) is 22.6 Å². The van der Waals surface area contributed by atoms with Crippen LogP contribution in [0, 0.1) is 6.92 Å². The summed E-state index contributed by atoms with van der Waals surface area (Å²) in [5.74, 6) is -0.846. The summed E-state index contributed by atoms with van der Waals surface area (Å²) < 4.78 is 5.31. The molecule has 24 heavy (non-hydrogen) atoms. The molecule has 3 rings (SSSR count). The van der Waals surface area contributed by atoms with E-state index in [2.05, 4.69) is 5.32 Å². The molecule has 3 aromatic rings. The molecule has 0 aliphatic rings. The van der Waals surface area contributed by atoms with Gasteiger partial charge in [-0.05, 0) is 49.4 Å². The molecule has 1 amide bonds. The largest absolute Gasteiger partial charge is 0.478 e. The molecule has 0 bridgehead atoms. The van der Waals surface area contributed by atoms with Crippen LogP contribution in [0.5, 0.6) is 0 Å². The molecule has 0 spiro atoms. The maximum absolute atomic E-state index is 12.3. The third-order valence-corrected chi connectivity index (χ3v) is 3.56. The first-order chi connectivity index (χ1) is 11.5. The first-order valence-corrected chi connectivity index (χ1v) is 7.33. The second-order valence-corrected chi connectivity index (χ2v) is 5.40. The van der Waals surface area contributed by atoms with Crippen LogP contribution in [0.2, 0.25) is 0 Å². The van der Waals surface area contributed by atoms with E-state index in [1.54, 1.807) is 30.3 Å². The molecule has 0 fully saturated rings. The minimum Gasteiger partial charge on any atom is -0.478 e. The Morgan fingerprint density at radius 2 is 1.75 bits per heavy atom. The Morgan fingerprint density at radius 1 is 1.00 bits per heavy atom. The molecule has 2 N–H and O–H groups in total. The number of hydrogen-bond donors (Lipinski definition) is 2. The number of hydrogen-bond acceptors (Lipinski definition) is 3. The van der Waals surface area contributed by atoms with E-state index >= 15 is 0 Å². The van der Waals surface area contributed by atoms with Crippen LogP contribution < -0.4 is 5.32 Å². The van der Waals surface area contributed by atoms with E-state index in [1.807, 2.05) is 19.1 Å². The molecular formula is C19H15NO4. The van der Waals surface area contributed by atoms with Crippen molar-refractivity contribution >= 4 is 17.6 Å². The Balaban J connectivity index is 1.93. The van der Waals surface area contributed by atoms with Gasteiger partial charge in [0.1, 0.15) is 5.76 Å². The van der Waals surface area contributed by atoms with Gasteiger partial charge in [0, 0.05) is 16.8 Å². The Morgan fingerprint density at radius 3 is 2.38 bits per heavy atom. The molecule has 5 nitrogen and oxygen atoms in total. The highest BCUT2D eigenvalue weighted by Crippen LogP contribution is 2.26. The average Bonchev–Trinajstić information content (AvgIpc) is 3.09. The number of nitrogens with one attached hydrogen (secondary N) is 1. The Kier molecular flexibility index (Phi) is 4.16. The zero-order chi connectivity index (χ0) is 17.1. The number of furan rings is 1. The van der Waals surface area contributed by atoms with Gasteiger partial charge < -0.3 is 14.8 Å². The predicted octanol–water partition coefficient (Wildman–Crippen LogP) is 4.21. The fourth-order valence-corrected chi connectivity index (χ4v) is 2.32. The van der Waals surface area contributed by atoms with Crippen molar-refractivity contribution in [2.75, 3.05) is 5.32 Å². The molecule has 2 aromatic carbocycles. The van der Waals surface area contributed by atoms with Crippen LogP contribution in [0.25, 0.3) is 11.3 Å². The van der Waals surface area contributed by atoms with E-state index in [-0.39, 0.29) is 11.5 Å². The number of carboxylic acids is 1. The van der Waals surface area contributed by atoms with Crippen molar-refractivity contribution in [1.82, 2.24) is 0 Å². The smallest absolute Gasteiger partial charge is 0.335 e. The van der Waals surface area contributed by atoms with Crippen LogP contribution in [-0.2, 0) is 0 Å². The average molecular weight is 321 g/mol. The van der Waals surface area contributed by atoms with E-state index in [4.69, 9.17) is 4.42 Å². The monoisotopic (exact) mass is 321 g/mol. The lowest BCUT2D eigenvalue weighted by Gasteiger charge is -2.09. The van der Waals surface area contributed by atoms with Crippen LogP contribution in [0.4, 0.5) is 5.69 Å². The van der Waals surface area contributed by atoms with Gasteiger partial charge in [-0.1, -0.05) is 17.7 Å². The first-order valence-electron chi connectivity index (χ1n) is 7.33. The maximum atomic E-state index is 12.3. The molecule has 0 aliphatic carbocycles. The number of benzene rings is 2. The molecule has 0 saturated heterocycles. The fourth-order valence-electron chi connectivity index (χ4n) is 2.32. The summed E-state index contributed by atoms with van der Waals surface area (Å²) in [7, 11) is 0. The van der Waals surface area contributed by atoms with Gasteiger partial charge in [0.2, 0.25) is 0 Å².